The summed E-state index contributed by atoms with van der Waals surface area (Å²) in [6.07, 6.45) is 6.47. The Morgan fingerprint density at radius 3 is 2.43 bits per heavy atom. The van der Waals surface area contributed by atoms with Crippen molar-refractivity contribution in [1.82, 2.24) is 10.6 Å². The van der Waals surface area contributed by atoms with Crippen LogP contribution in [0.15, 0.2) is 0 Å². The fourth-order valence-electron chi connectivity index (χ4n) is 2.33. The molecule has 1 rings (SSSR count). The van der Waals surface area contributed by atoms with Gasteiger partial charge in [0.1, 0.15) is 11.6 Å². The maximum atomic E-state index is 12.3. The molecule has 1 unspecified atom stereocenters. The first kappa shape index (κ1) is 18.1. The highest BCUT2D eigenvalue weighted by Gasteiger charge is 2.26. The van der Waals surface area contributed by atoms with Gasteiger partial charge >= 0.3 is 6.09 Å². The van der Waals surface area contributed by atoms with Gasteiger partial charge < -0.3 is 15.4 Å². The molecule has 21 heavy (non-hydrogen) atoms. The third-order valence-corrected chi connectivity index (χ3v) is 3.96. The van der Waals surface area contributed by atoms with Crippen LogP contribution in [-0.2, 0) is 9.53 Å². The lowest BCUT2D eigenvalue weighted by Gasteiger charge is -2.24. The largest absolute Gasteiger partial charge is 0.444 e. The molecule has 0 heterocycles. The smallest absolute Gasteiger partial charge is 0.408 e. The number of carbonyl (C=O) groups excluding carboxylic acids is 2. The predicted octanol–water partition coefficient (Wildman–Crippen LogP) is 2.69. The molecule has 0 spiro atoms. The van der Waals surface area contributed by atoms with Gasteiger partial charge in [0.15, 0.2) is 0 Å². The number of thioether (sulfide) groups is 1. The van der Waals surface area contributed by atoms with E-state index in [2.05, 4.69) is 10.6 Å². The Labute approximate surface area is 132 Å². The molecule has 0 aromatic heterocycles. The third kappa shape index (κ3) is 7.60. The summed E-state index contributed by atoms with van der Waals surface area (Å²) in [7, 11) is 0. The normalized spacial score (nSPS) is 17.3. The minimum atomic E-state index is -0.559. The molecule has 122 valence electrons. The zero-order chi connectivity index (χ0) is 15.9. The van der Waals surface area contributed by atoms with Gasteiger partial charge in [0.05, 0.1) is 0 Å². The highest BCUT2D eigenvalue weighted by atomic mass is 32.2. The summed E-state index contributed by atoms with van der Waals surface area (Å²) in [5.41, 5.74) is -0.559. The second kappa shape index (κ2) is 8.51. The van der Waals surface area contributed by atoms with Crippen molar-refractivity contribution >= 4 is 23.8 Å². The van der Waals surface area contributed by atoms with Crippen LogP contribution in [0.1, 0.15) is 52.9 Å². The molecule has 2 amide bonds. The molecule has 1 atom stereocenters. The number of rotatable bonds is 6. The topological polar surface area (TPSA) is 67.4 Å². The molecule has 0 aliphatic heterocycles. The van der Waals surface area contributed by atoms with Gasteiger partial charge in [-0.2, -0.15) is 11.8 Å². The molecule has 0 aromatic carbocycles. The Kier molecular flexibility index (Phi) is 7.35. The first-order valence-electron chi connectivity index (χ1n) is 7.60. The van der Waals surface area contributed by atoms with E-state index in [0.29, 0.717) is 6.42 Å². The molecule has 0 bridgehead atoms. The van der Waals surface area contributed by atoms with Crippen LogP contribution in [-0.4, -0.2) is 41.7 Å². The molecule has 6 heteroatoms. The fraction of sp³-hybridized carbons (Fsp3) is 0.867. The fourth-order valence-corrected chi connectivity index (χ4v) is 2.80. The van der Waals surface area contributed by atoms with Crippen molar-refractivity contribution in [3.8, 4) is 0 Å². The zero-order valence-electron chi connectivity index (χ0n) is 13.5. The van der Waals surface area contributed by atoms with Gasteiger partial charge in [-0.3, -0.25) is 4.79 Å². The van der Waals surface area contributed by atoms with E-state index >= 15 is 0 Å². The third-order valence-electron chi connectivity index (χ3n) is 3.32. The van der Waals surface area contributed by atoms with Crippen molar-refractivity contribution in [2.24, 2.45) is 0 Å². The Hall–Kier alpha value is -0.910. The van der Waals surface area contributed by atoms with E-state index in [4.69, 9.17) is 4.74 Å². The Bertz CT molecular complexity index is 349. The number of amides is 2. The first-order valence-corrected chi connectivity index (χ1v) is 9.00. The lowest BCUT2D eigenvalue weighted by Crippen LogP contribution is -2.50. The molecule has 0 radical (unpaired) electrons. The van der Waals surface area contributed by atoms with Crippen molar-refractivity contribution in [1.29, 1.82) is 0 Å². The summed E-state index contributed by atoms with van der Waals surface area (Å²) in [4.78, 5) is 24.2. The molecular weight excluding hydrogens is 288 g/mol. The summed E-state index contributed by atoms with van der Waals surface area (Å²) in [6.45, 7) is 5.42. The second-order valence-corrected chi connectivity index (χ2v) is 7.46. The number of alkyl carbamates (subject to hydrolysis) is 1. The van der Waals surface area contributed by atoms with E-state index in [1.807, 2.05) is 27.0 Å². The lowest BCUT2D eigenvalue weighted by atomic mass is 10.1. The molecule has 0 aromatic rings. The van der Waals surface area contributed by atoms with Crippen molar-refractivity contribution in [2.75, 3.05) is 12.0 Å². The lowest BCUT2D eigenvalue weighted by molar-refractivity contribution is -0.123. The number of ether oxygens (including phenoxy) is 1. The van der Waals surface area contributed by atoms with Gasteiger partial charge in [-0.15, -0.1) is 0 Å². The van der Waals surface area contributed by atoms with Gasteiger partial charge in [-0.25, -0.2) is 4.79 Å². The van der Waals surface area contributed by atoms with Crippen LogP contribution in [0.5, 0.6) is 0 Å². The summed E-state index contributed by atoms with van der Waals surface area (Å²) in [6, 6.07) is -0.261. The molecule has 5 nitrogen and oxygen atoms in total. The summed E-state index contributed by atoms with van der Waals surface area (Å²) in [5, 5.41) is 5.73. The van der Waals surface area contributed by atoms with Gasteiger partial charge in [-0.05, 0) is 52.0 Å². The average molecular weight is 316 g/mol. The van der Waals surface area contributed by atoms with Crippen LogP contribution < -0.4 is 10.6 Å². The molecule has 1 fully saturated rings. The van der Waals surface area contributed by atoms with Crippen molar-refractivity contribution in [3.05, 3.63) is 0 Å². The minimum absolute atomic E-state index is 0.0955. The second-order valence-electron chi connectivity index (χ2n) is 6.47. The molecule has 1 aliphatic rings. The molecule has 1 aliphatic carbocycles. The molecule has 1 saturated carbocycles. The highest BCUT2D eigenvalue weighted by Crippen LogP contribution is 2.18. The first-order chi connectivity index (χ1) is 9.81. The molecular formula is C15H28N2O3S. The number of carbonyl (C=O) groups is 2. The van der Waals surface area contributed by atoms with Crippen LogP contribution >= 0.6 is 11.8 Å². The molecule has 0 saturated heterocycles. The SMILES string of the molecule is CSCCC(NC(=O)OC(C)(C)C)C(=O)NC1CCCC1. The highest BCUT2D eigenvalue weighted by molar-refractivity contribution is 7.98. The zero-order valence-corrected chi connectivity index (χ0v) is 14.3. The Morgan fingerprint density at radius 2 is 1.90 bits per heavy atom. The van der Waals surface area contributed by atoms with Crippen LogP contribution in [0.2, 0.25) is 0 Å². The van der Waals surface area contributed by atoms with E-state index in [1.54, 1.807) is 11.8 Å². The standard InChI is InChI=1S/C15H28N2O3S/c1-15(2,3)20-14(19)17-12(9-10-21-4)13(18)16-11-7-5-6-8-11/h11-12H,5-10H2,1-4H3,(H,16,18)(H,17,19). The number of hydrogen-bond donors (Lipinski definition) is 2. The number of hydrogen-bond acceptors (Lipinski definition) is 4. The van der Waals surface area contributed by atoms with Crippen LogP contribution in [0.25, 0.3) is 0 Å². The van der Waals surface area contributed by atoms with E-state index < -0.39 is 17.7 Å². The van der Waals surface area contributed by atoms with Crippen molar-refractivity contribution < 1.29 is 14.3 Å². The summed E-state index contributed by atoms with van der Waals surface area (Å²) < 4.78 is 5.23. The Morgan fingerprint density at radius 1 is 1.29 bits per heavy atom. The monoisotopic (exact) mass is 316 g/mol. The predicted molar refractivity (Wildman–Crippen MR) is 86.6 cm³/mol. The summed E-state index contributed by atoms with van der Waals surface area (Å²) >= 11 is 1.66. The summed E-state index contributed by atoms with van der Waals surface area (Å²) in [5.74, 6) is 0.722. The number of nitrogens with one attached hydrogen (secondary N) is 2. The minimum Gasteiger partial charge on any atom is -0.444 e. The van der Waals surface area contributed by atoms with E-state index in [-0.39, 0.29) is 11.9 Å². The van der Waals surface area contributed by atoms with Crippen molar-refractivity contribution in [3.63, 3.8) is 0 Å². The maximum Gasteiger partial charge on any atom is 0.408 e. The van der Waals surface area contributed by atoms with E-state index in [9.17, 15) is 9.59 Å². The average Bonchev–Trinajstić information content (AvgIpc) is 2.84. The molecule has 2 N–H and O–H groups in total. The van der Waals surface area contributed by atoms with Crippen LogP contribution in [0.3, 0.4) is 0 Å². The van der Waals surface area contributed by atoms with E-state index in [1.165, 1.54) is 12.8 Å². The van der Waals surface area contributed by atoms with Crippen molar-refractivity contribution in [2.45, 2.75) is 70.6 Å². The van der Waals surface area contributed by atoms with Gasteiger partial charge in [-0.1, -0.05) is 12.8 Å². The van der Waals surface area contributed by atoms with Gasteiger partial charge in [0, 0.05) is 6.04 Å². The Balaban J connectivity index is 2.52. The van der Waals surface area contributed by atoms with Gasteiger partial charge in [0.25, 0.3) is 0 Å². The van der Waals surface area contributed by atoms with Crippen LogP contribution in [0.4, 0.5) is 4.79 Å². The quantitative estimate of drug-likeness (QED) is 0.790. The van der Waals surface area contributed by atoms with E-state index in [0.717, 1.165) is 18.6 Å². The van der Waals surface area contributed by atoms with Crippen LogP contribution in [0, 0.1) is 0 Å². The van der Waals surface area contributed by atoms with Gasteiger partial charge in [0.2, 0.25) is 5.91 Å². The maximum absolute atomic E-state index is 12.3.